The number of carbonyl (C=O) groups excluding carboxylic acids is 1. The van der Waals surface area contributed by atoms with Crippen molar-refractivity contribution in [3.05, 3.63) is 0 Å². The summed E-state index contributed by atoms with van der Waals surface area (Å²) in [6.07, 6.45) is 5.08. The number of carbonyl (C=O) groups is 1. The molecule has 0 spiro atoms. The van der Waals surface area contributed by atoms with Gasteiger partial charge in [0, 0.05) is 13.6 Å². The number of nitrogens with zero attached hydrogens (tertiary/aromatic N) is 2. The fraction of sp³-hybridized carbons (Fsp3) is 0.900. The van der Waals surface area contributed by atoms with Crippen LogP contribution in [0.2, 0.25) is 0 Å². The summed E-state index contributed by atoms with van der Waals surface area (Å²) in [5, 5.41) is 0. The van der Waals surface area contributed by atoms with Crippen molar-refractivity contribution in [2.75, 3.05) is 20.1 Å². The molecule has 4 heteroatoms. The van der Waals surface area contributed by atoms with Crippen LogP contribution in [0, 0.1) is 0 Å². The summed E-state index contributed by atoms with van der Waals surface area (Å²) < 4.78 is 0.265. The molecule has 1 amide bonds. The highest BCUT2D eigenvalue weighted by Gasteiger charge is 2.32. The molecule has 0 radical (unpaired) electrons. The molecule has 1 aliphatic rings. The van der Waals surface area contributed by atoms with Crippen molar-refractivity contribution in [3.63, 3.8) is 0 Å². The van der Waals surface area contributed by atoms with E-state index < -0.39 is 0 Å². The molecule has 82 valence electrons. The van der Waals surface area contributed by atoms with Gasteiger partial charge in [-0.05, 0) is 29.0 Å². The highest BCUT2D eigenvalue weighted by Crippen LogP contribution is 2.20. The van der Waals surface area contributed by atoms with E-state index in [1.165, 1.54) is 25.7 Å². The SMILES string of the molecule is CCCCCCN1CC(=O)N(C)C1I. The van der Waals surface area contributed by atoms with E-state index in [9.17, 15) is 4.79 Å². The fourth-order valence-electron chi connectivity index (χ4n) is 1.65. The van der Waals surface area contributed by atoms with Gasteiger partial charge in [0.2, 0.25) is 5.91 Å². The van der Waals surface area contributed by atoms with E-state index in [1.807, 2.05) is 11.9 Å². The monoisotopic (exact) mass is 310 g/mol. The van der Waals surface area contributed by atoms with Gasteiger partial charge in [0.15, 0.2) is 0 Å². The second kappa shape index (κ2) is 5.90. The van der Waals surface area contributed by atoms with Gasteiger partial charge in [-0.3, -0.25) is 9.69 Å². The van der Waals surface area contributed by atoms with Gasteiger partial charge < -0.3 is 4.90 Å². The Morgan fingerprint density at radius 1 is 1.43 bits per heavy atom. The Morgan fingerprint density at radius 3 is 2.64 bits per heavy atom. The van der Waals surface area contributed by atoms with E-state index in [4.69, 9.17) is 0 Å². The maximum absolute atomic E-state index is 11.4. The first-order valence-electron chi connectivity index (χ1n) is 5.30. The first-order chi connectivity index (χ1) is 6.66. The van der Waals surface area contributed by atoms with Crippen molar-refractivity contribution in [2.24, 2.45) is 0 Å². The van der Waals surface area contributed by atoms with Gasteiger partial charge in [0.1, 0.15) is 4.17 Å². The zero-order valence-corrected chi connectivity index (χ0v) is 11.2. The Morgan fingerprint density at radius 2 is 2.14 bits per heavy atom. The lowest BCUT2D eigenvalue weighted by atomic mass is 10.2. The van der Waals surface area contributed by atoms with Crippen molar-refractivity contribution in [1.29, 1.82) is 0 Å². The molecule has 0 aliphatic carbocycles. The molecule has 14 heavy (non-hydrogen) atoms. The number of hydrogen-bond acceptors (Lipinski definition) is 2. The standard InChI is InChI=1S/C10H19IN2O/c1-3-4-5-6-7-13-8-9(14)12(2)10(13)11/h10H,3-8H2,1-2H3. The van der Waals surface area contributed by atoms with E-state index in [1.54, 1.807) is 0 Å². The maximum Gasteiger partial charge on any atom is 0.238 e. The first-order valence-corrected chi connectivity index (χ1v) is 6.55. The van der Waals surface area contributed by atoms with Crippen molar-refractivity contribution in [2.45, 2.75) is 36.8 Å². The van der Waals surface area contributed by atoms with E-state index in [-0.39, 0.29) is 10.1 Å². The van der Waals surface area contributed by atoms with Gasteiger partial charge in [-0.15, -0.1) is 0 Å². The zero-order chi connectivity index (χ0) is 10.6. The molecule has 0 aromatic heterocycles. The third-order valence-corrected chi connectivity index (χ3v) is 4.27. The number of hydrogen-bond donors (Lipinski definition) is 0. The van der Waals surface area contributed by atoms with Gasteiger partial charge in [-0.25, -0.2) is 0 Å². The maximum atomic E-state index is 11.4. The van der Waals surface area contributed by atoms with Crippen molar-refractivity contribution in [1.82, 2.24) is 9.80 Å². The smallest absolute Gasteiger partial charge is 0.238 e. The molecule has 3 nitrogen and oxygen atoms in total. The van der Waals surface area contributed by atoms with Crippen LogP contribution in [-0.4, -0.2) is 40.0 Å². The lowest BCUT2D eigenvalue weighted by molar-refractivity contribution is -0.125. The third-order valence-electron chi connectivity index (χ3n) is 2.65. The second-order valence-electron chi connectivity index (χ2n) is 3.85. The fourth-order valence-corrected chi connectivity index (χ4v) is 2.44. The minimum absolute atomic E-state index is 0.250. The summed E-state index contributed by atoms with van der Waals surface area (Å²) in [4.78, 5) is 15.4. The molecule has 1 unspecified atom stereocenters. The molecular formula is C10H19IN2O. The first kappa shape index (κ1) is 12.2. The molecule has 1 heterocycles. The topological polar surface area (TPSA) is 23.6 Å². The van der Waals surface area contributed by atoms with Gasteiger partial charge >= 0.3 is 0 Å². The molecule has 1 aliphatic heterocycles. The Kier molecular flexibility index (Phi) is 5.15. The summed E-state index contributed by atoms with van der Waals surface area (Å²) in [7, 11) is 1.88. The number of alkyl halides is 1. The highest BCUT2D eigenvalue weighted by molar-refractivity contribution is 14.1. The summed E-state index contributed by atoms with van der Waals surface area (Å²) in [6, 6.07) is 0. The highest BCUT2D eigenvalue weighted by atomic mass is 127. The van der Waals surface area contributed by atoms with Crippen LogP contribution in [0.25, 0.3) is 0 Å². The normalized spacial score (nSPS) is 23.5. The Hall–Kier alpha value is 0.160. The van der Waals surface area contributed by atoms with Crippen LogP contribution < -0.4 is 0 Å². The number of likely N-dealkylation sites (N-methyl/N-ethyl adjacent to an activating group) is 1. The van der Waals surface area contributed by atoms with Gasteiger partial charge in [0.25, 0.3) is 0 Å². The van der Waals surface area contributed by atoms with E-state index in [0.29, 0.717) is 6.54 Å². The molecule has 0 saturated carbocycles. The predicted octanol–water partition coefficient (Wildman–Crippen LogP) is 2.06. The average molecular weight is 310 g/mol. The van der Waals surface area contributed by atoms with Crippen LogP contribution in [0.15, 0.2) is 0 Å². The molecular weight excluding hydrogens is 291 g/mol. The van der Waals surface area contributed by atoms with Crippen LogP contribution in [0.1, 0.15) is 32.6 Å². The number of halogens is 1. The molecule has 0 bridgehead atoms. The Labute approximate surface area is 100.0 Å². The zero-order valence-electron chi connectivity index (χ0n) is 9.00. The molecule has 0 N–H and O–H groups in total. The van der Waals surface area contributed by atoms with Gasteiger partial charge in [-0.1, -0.05) is 26.2 Å². The summed E-state index contributed by atoms with van der Waals surface area (Å²) in [5.74, 6) is 0.250. The summed E-state index contributed by atoms with van der Waals surface area (Å²) in [5.41, 5.74) is 0. The molecule has 0 aromatic rings. The minimum atomic E-state index is 0.250. The number of amides is 1. The summed E-state index contributed by atoms with van der Waals surface area (Å²) in [6.45, 7) is 3.88. The van der Waals surface area contributed by atoms with Gasteiger partial charge in [0.05, 0.1) is 6.54 Å². The number of rotatable bonds is 5. The lowest BCUT2D eigenvalue weighted by Crippen LogP contribution is -2.32. The van der Waals surface area contributed by atoms with Crippen LogP contribution in [0.4, 0.5) is 0 Å². The lowest BCUT2D eigenvalue weighted by Gasteiger charge is -2.21. The largest absolute Gasteiger partial charge is 0.320 e. The summed E-state index contributed by atoms with van der Waals surface area (Å²) >= 11 is 2.33. The van der Waals surface area contributed by atoms with Crippen molar-refractivity contribution < 1.29 is 4.79 Å². The molecule has 0 aromatic carbocycles. The van der Waals surface area contributed by atoms with Crippen LogP contribution in [-0.2, 0) is 4.79 Å². The Bertz CT molecular complexity index is 199. The number of unbranched alkanes of at least 4 members (excludes halogenated alkanes) is 3. The average Bonchev–Trinajstić information content (AvgIpc) is 2.41. The third kappa shape index (κ3) is 3.08. The molecule has 1 atom stereocenters. The van der Waals surface area contributed by atoms with Gasteiger partial charge in [-0.2, -0.15) is 0 Å². The molecule has 1 saturated heterocycles. The second-order valence-corrected chi connectivity index (χ2v) is 4.96. The van der Waals surface area contributed by atoms with Crippen molar-refractivity contribution >= 4 is 28.5 Å². The van der Waals surface area contributed by atoms with Crippen LogP contribution in [0.5, 0.6) is 0 Å². The Balaban J connectivity index is 2.22. The van der Waals surface area contributed by atoms with Crippen LogP contribution >= 0.6 is 22.6 Å². The molecule has 1 fully saturated rings. The molecule has 1 rings (SSSR count). The van der Waals surface area contributed by atoms with Crippen LogP contribution in [0.3, 0.4) is 0 Å². The van der Waals surface area contributed by atoms with E-state index >= 15 is 0 Å². The quantitative estimate of drug-likeness (QED) is 0.336. The minimum Gasteiger partial charge on any atom is -0.320 e. The predicted molar refractivity (Wildman–Crippen MR) is 66.3 cm³/mol. The van der Waals surface area contributed by atoms with Crippen molar-refractivity contribution in [3.8, 4) is 0 Å². The van der Waals surface area contributed by atoms with E-state index in [0.717, 1.165) is 6.54 Å². The van der Waals surface area contributed by atoms with E-state index in [2.05, 4.69) is 34.4 Å².